The van der Waals surface area contributed by atoms with Crippen molar-refractivity contribution in [1.82, 2.24) is 0 Å². The number of esters is 1. The number of ether oxygens (including phenoxy) is 2. The Morgan fingerprint density at radius 1 is 1.21 bits per heavy atom. The van der Waals surface area contributed by atoms with Gasteiger partial charge < -0.3 is 9.47 Å². The van der Waals surface area contributed by atoms with Crippen molar-refractivity contribution in [2.45, 2.75) is 45.6 Å². The second kappa shape index (κ2) is 7.55. The van der Waals surface area contributed by atoms with Gasteiger partial charge in [-0.25, -0.2) is 0 Å². The van der Waals surface area contributed by atoms with E-state index >= 15 is 0 Å². The third-order valence-electron chi connectivity index (χ3n) is 4.14. The maximum atomic E-state index is 11.6. The van der Waals surface area contributed by atoms with E-state index in [0.717, 1.165) is 14.9 Å². The van der Waals surface area contributed by atoms with Gasteiger partial charge in [0.2, 0.25) is 0 Å². The first-order valence-corrected chi connectivity index (χ1v) is 9.37. The van der Waals surface area contributed by atoms with E-state index < -0.39 is 0 Å². The molecular formula is C20H21IO3. The van der Waals surface area contributed by atoms with E-state index in [4.69, 9.17) is 9.47 Å². The molecule has 0 spiro atoms. The lowest BCUT2D eigenvalue weighted by molar-refractivity contribution is -0.134. The van der Waals surface area contributed by atoms with Crippen LogP contribution >= 0.6 is 22.6 Å². The van der Waals surface area contributed by atoms with Gasteiger partial charge in [-0.1, -0.05) is 30.7 Å². The molecule has 1 saturated carbocycles. The van der Waals surface area contributed by atoms with Crippen molar-refractivity contribution in [3.8, 4) is 11.5 Å². The van der Waals surface area contributed by atoms with Gasteiger partial charge >= 0.3 is 5.97 Å². The molecule has 3 nitrogen and oxygen atoms in total. The molecule has 4 heteroatoms. The van der Waals surface area contributed by atoms with Crippen molar-refractivity contribution in [2.75, 3.05) is 0 Å². The SMILES string of the molecule is CCC(=O)Oc1cccc(I)c1COc1ccc(C)cc1C1CC1. The van der Waals surface area contributed by atoms with E-state index in [0.29, 0.717) is 24.7 Å². The molecule has 0 aromatic heterocycles. The van der Waals surface area contributed by atoms with E-state index in [-0.39, 0.29) is 5.97 Å². The molecule has 0 aliphatic heterocycles. The van der Waals surface area contributed by atoms with E-state index in [9.17, 15) is 4.79 Å². The van der Waals surface area contributed by atoms with Gasteiger partial charge in [-0.2, -0.15) is 0 Å². The van der Waals surface area contributed by atoms with Crippen molar-refractivity contribution < 1.29 is 14.3 Å². The number of halogens is 1. The molecule has 0 amide bonds. The van der Waals surface area contributed by atoms with Crippen molar-refractivity contribution >= 4 is 28.6 Å². The zero-order valence-corrected chi connectivity index (χ0v) is 16.1. The maximum Gasteiger partial charge on any atom is 0.310 e. The first kappa shape index (κ1) is 17.3. The van der Waals surface area contributed by atoms with Gasteiger partial charge in [-0.3, -0.25) is 4.79 Å². The number of hydrogen-bond acceptors (Lipinski definition) is 3. The lowest BCUT2D eigenvalue weighted by Crippen LogP contribution is -2.10. The van der Waals surface area contributed by atoms with Crippen molar-refractivity contribution in [1.29, 1.82) is 0 Å². The highest BCUT2D eigenvalue weighted by Crippen LogP contribution is 2.45. The third-order valence-corrected chi connectivity index (χ3v) is 5.15. The Morgan fingerprint density at radius 3 is 2.71 bits per heavy atom. The van der Waals surface area contributed by atoms with Gasteiger partial charge in [0.25, 0.3) is 0 Å². The predicted molar refractivity (Wildman–Crippen MR) is 103 cm³/mol. The van der Waals surface area contributed by atoms with Crippen LogP contribution < -0.4 is 9.47 Å². The smallest absolute Gasteiger partial charge is 0.310 e. The van der Waals surface area contributed by atoms with Gasteiger partial charge in [0.15, 0.2) is 0 Å². The normalized spacial score (nSPS) is 13.6. The van der Waals surface area contributed by atoms with Gasteiger partial charge in [0, 0.05) is 15.6 Å². The number of aryl methyl sites for hydroxylation is 1. The van der Waals surface area contributed by atoms with Crippen LogP contribution in [0.1, 0.15) is 48.8 Å². The summed E-state index contributed by atoms with van der Waals surface area (Å²) in [4.78, 5) is 11.6. The average molecular weight is 436 g/mol. The predicted octanol–water partition coefficient (Wildman–Crippen LogP) is 5.37. The zero-order valence-electron chi connectivity index (χ0n) is 14.0. The first-order chi connectivity index (χ1) is 11.6. The highest BCUT2D eigenvalue weighted by molar-refractivity contribution is 14.1. The molecule has 126 valence electrons. The molecule has 0 N–H and O–H groups in total. The summed E-state index contributed by atoms with van der Waals surface area (Å²) in [6, 6.07) is 12.1. The van der Waals surface area contributed by atoms with E-state index in [1.54, 1.807) is 6.92 Å². The minimum atomic E-state index is -0.229. The summed E-state index contributed by atoms with van der Waals surface area (Å²) in [6.07, 6.45) is 2.83. The molecule has 24 heavy (non-hydrogen) atoms. The number of rotatable bonds is 6. The van der Waals surface area contributed by atoms with Gasteiger partial charge in [-0.05, 0) is 72.0 Å². The minimum Gasteiger partial charge on any atom is -0.488 e. The Balaban J connectivity index is 1.81. The molecule has 0 bridgehead atoms. The Morgan fingerprint density at radius 2 is 2.00 bits per heavy atom. The Kier molecular flexibility index (Phi) is 5.43. The van der Waals surface area contributed by atoms with E-state index in [1.807, 2.05) is 18.2 Å². The molecule has 0 saturated heterocycles. The fourth-order valence-corrected chi connectivity index (χ4v) is 3.26. The monoisotopic (exact) mass is 436 g/mol. The topological polar surface area (TPSA) is 35.5 Å². The summed E-state index contributed by atoms with van der Waals surface area (Å²) in [7, 11) is 0. The number of carbonyl (C=O) groups excluding carboxylic acids is 1. The number of hydrogen-bond donors (Lipinski definition) is 0. The lowest BCUT2D eigenvalue weighted by atomic mass is 10.1. The van der Waals surface area contributed by atoms with Crippen LogP contribution in [-0.2, 0) is 11.4 Å². The minimum absolute atomic E-state index is 0.229. The molecular weight excluding hydrogens is 415 g/mol. The van der Waals surface area contributed by atoms with Crippen LogP contribution in [0.25, 0.3) is 0 Å². The van der Waals surface area contributed by atoms with Gasteiger partial charge in [0.05, 0.1) is 0 Å². The molecule has 0 heterocycles. The Labute approximate surface area is 156 Å². The average Bonchev–Trinajstić information content (AvgIpc) is 3.40. The molecule has 1 aliphatic carbocycles. The fourth-order valence-electron chi connectivity index (χ4n) is 2.63. The standard InChI is InChI=1S/C20H21IO3/c1-3-20(22)24-19-6-4-5-17(21)16(19)12-23-18-10-7-13(2)11-15(18)14-8-9-14/h4-7,10-11,14H,3,8-9,12H2,1-2H3. The molecule has 0 unspecified atom stereocenters. The maximum absolute atomic E-state index is 11.6. The van der Waals surface area contributed by atoms with Gasteiger partial charge in [0.1, 0.15) is 18.1 Å². The van der Waals surface area contributed by atoms with Crippen LogP contribution in [0.15, 0.2) is 36.4 Å². The third kappa shape index (κ3) is 4.09. The number of carbonyl (C=O) groups is 1. The van der Waals surface area contributed by atoms with E-state index in [2.05, 4.69) is 47.7 Å². The molecule has 0 radical (unpaired) electrons. The molecule has 1 aliphatic rings. The van der Waals surface area contributed by atoms with Crippen LogP contribution in [-0.4, -0.2) is 5.97 Å². The highest BCUT2D eigenvalue weighted by Gasteiger charge is 2.27. The number of benzene rings is 2. The summed E-state index contributed by atoms with van der Waals surface area (Å²) >= 11 is 2.26. The van der Waals surface area contributed by atoms with Crippen LogP contribution in [0.2, 0.25) is 0 Å². The summed E-state index contributed by atoms with van der Waals surface area (Å²) in [6.45, 7) is 4.30. The molecule has 0 atom stereocenters. The molecule has 2 aromatic rings. The van der Waals surface area contributed by atoms with Crippen LogP contribution in [0, 0.1) is 10.5 Å². The first-order valence-electron chi connectivity index (χ1n) is 8.30. The van der Waals surface area contributed by atoms with Crippen LogP contribution in [0.5, 0.6) is 11.5 Å². The zero-order chi connectivity index (χ0) is 17.1. The fraction of sp³-hybridized carbons (Fsp3) is 0.350. The second-order valence-corrected chi connectivity index (χ2v) is 7.31. The lowest BCUT2D eigenvalue weighted by Gasteiger charge is -2.15. The summed E-state index contributed by atoms with van der Waals surface area (Å²) in [5.74, 6) is 1.93. The summed E-state index contributed by atoms with van der Waals surface area (Å²) < 4.78 is 12.6. The molecule has 1 fully saturated rings. The molecule has 3 rings (SSSR count). The van der Waals surface area contributed by atoms with E-state index in [1.165, 1.54) is 24.0 Å². The Hall–Kier alpha value is -1.56. The van der Waals surface area contributed by atoms with Gasteiger partial charge in [-0.15, -0.1) is 0 Å². The van der Waals surface area contributed by atoms with Crippen molar-refractivity contribution in [2.24, 2.45) is 0 Å². The quantitative estimate of drug-likeness (QED) is 0.347. The van der Waals surface area contributed by atoms with Crippen molar-refractivity contribution in [3.63, 3.8) is 0 Å². The largest absolute Gasteiger partial charge is 0.488 e. The Bertz CT molecular complexity index is 751. The summed E-state index contributed by atoms with van der Waals surface area (Å²) in [5.41, 5.74) is 3.48. The highest BCUT2D eigenvalue weighted by atomic mass is 127. The molecule has 2 aromatic carbocycles. The van der Waals surface area contributed by atoms with Crippen LogP contribution in [0.3, 0.4) is 0 Å². The summed E-state index contributed by atoms with van der Waals surface area (Å²) in [5, 5.41) is 0. The van der Waals surface area contributed by atoms with Crippen LogP contribution in [0.4, 0.5) is 0 Å². The second-order valence-electron chi connectivity index (χ2n) is 6.15. The van der Waals surface area contributed by atoms with Crippen molar-refractivity contribution in [3.05, 3.63) is 56.7 Å².